The molecule has 0 N–H and O–H groups in total. The van der Waals surface area contributed by atoms with Crippen LogP contribution in [0.15, 0.2) is 51.8 Å². The van der Waals surface area contributed by atoms with E-state index in [1.54, 1.807) is 19.1 Å². The molecule has 0 aliphatic carbocycles. The minimum atomic E-state index is -1.35. The van der Waals surface area contributed by atoms with Crippen molar-refractivity contribution < 1.29 is 9.00 Å². The summed E-state index contributed by atoms with van der Waals surface area (Å²) >= 11 is 3.35. The van der Waals surface area contributed by atoms with Gasteiger partial charge in [0.15, 0.2) is 5.78 Å². The van der Waals surface area contributed by atoms with Gasteiger partial charge in [0, 0.05) is 14.9 Å². The van der Waals surface area contributed by atoms with E-state index >= 15 is 0 Å². The Hall–Kier alpha value is -1.26. The maximum absolute atomic E-state index is 12.6. The summed E-state index contributed by atoms with van der Waals surface area (Å²) in [5, 5.41) is -0.563. The van der Waals surface area contributed by atoms with Crippen molar-refractivity contribution in [2.75, 3.05) is 0 Å². The van der Waals surface area contributed by atoms with Crippen LogP contribution in [0.1, 0.15) is 28.4 Å². The molecule has 110 valence electrons. The number of carbonyl (C=O) groups is 1. The van der Waals surface area contributed by atoms with Gasteiger partial charge in [-0.25, -0.2) is 0 Å². The van der Waals surface area contributed by atoms with E-state index in [1.165, 1.54) is 0 Å². The third-order valence-corrected chi connectivity index (χ3v) is 5.52. The van der Waals surface area contributed by atoms with Gasteiger partial charge in [0.25, 0.3) is 0 Å². The second kappa shape index (κ2) is 6.67. The molecule has 2 aromatic carbocycles. The van der Waals surface area contributed by atoms with Crippen molar-refractivity contribution in [3.63, 3.8) is 0 Å². The number of aryl methyl sites for hydroxylation is 2. The zero-order valence-corrected chi connectivity index (χ0v) is 14.6. The van der Waals surface area contributed by atoms with Gasteiger partial charge >= 0.3 is 0 Å². The highest BCUT2D eigenvalue weighted by Gasteiger charge is 2.24. The number of Topliss-reactive ketones (excluding diaryl/α,β-unsaturated/α-hetero) is 1. The molecular weight excluding hydrogens is 348 g/mol. The number of hydrogen-bond donors (Lipinski definition) is 0. The molecular formula is C17H17BrO2S. The average molecular weight is 365 g/mol. The Morgan fingerprint density at radius 1 is 1.10 bits per heavy atom. The molecule has 2 atom stereocenters. The van der Waals surface area contributed by atoms with E-state index < -0.39 is 16.0 Å². The van der Waals surface area contributed by atoms with Crippen molar-refractivity contribution in [1.29, 1.82) is 0 Å². The SMILES string of the molecule is Cc1ccc(C)c(C(=O)C(C)S(=O)c2ccc(Br)cc2)c1. The molecule has 0 spiro atoms. The number of hydrogen-bond acceptors (Lipinski definition) is 2. The smallest absolute Gasteiger partial charge is 0.178 e. The maximum Gasteiger partial charge on any atom is 0.178 e. The van der Waals surface area contributed by atoms with Gasteiger partial charge in [-0.2, -0.15) is 0 Å². The van der Waals surface area contributed by atoms with Crippen molar-refractivity contribution in [3.8, 4) is 0 Å². The van der Waals surface area contributed by atoms with Crippen molar-refractivity contribution in [3.05, 3.63) is 63.6 Å². The molecule has 0 bridgehead atoms. The van der Waals surface area contributed by atoms with Gasteiger partial charge < -0.3 is 0 Å². The lowest BCUT2D eigenvalue weighted by Gasteiger charge is -2.13. The summed E-state index contributed by atoms with van der Waals surface area (Å²) in [7, 11) is -1.35. The summed E-state index contributed by atoms with van der Waals surface area (Å²) in [6.45, 7) is 5.58. The highest BCUT2D eigenvalue weighted by atomic mass is 79.9. The van der Waals surface area contributed by atoms with Crippen molar-refractivity contribution in [2.24, 2.45) is 0 Å². The Bertz CT molecular complexity index is 692. The second-order valence-corrected chi connectivity index (χ2v) is 7.77. The van der Waals surface area contributed by atoms with Crippen LogP contribution in [0, 0.1) is 13.8 Å². The Kier molecular flexibility index (Phi) is 5.12. The van der Waals surface area contributed by atoms with Crippen LogP contribution < -0.4 is 0 Å². The lowest BCUT2D eigenvalue weighted by atomic mass is 10.0. The molecule has 0 heterocycles. The largest absolute Gasteiger partial charge is 0.293 e. The summed E-state index contributed by atoms with van der Waals surface area (Å²) < 4.78 is 13.5. The Morgan fingerprint density at radius 2 is 1.71 bits per heavy atom. The molecule has 2 rings (SSSR count). The van der Waals surface area contributed by atoms with E-state index in [2.05, 4.69) is 15.9 Å². The molecule has 0 fully saturated rings. The zero-order valence-electron chi connectivity index (χ0n) is 12.2. The quantitative estimate of drug-likeness (QED) is 0.751. The molecule has 0 radical (unpaired) electrons. The fourth-order valence-corrected chi connectivity index (χ4v) is 3.49. The van der Waals surface area contributed by atoms with Crippen LogP contribution in [0.5, 0.6) is 0 Å². The molecule has 21 heavy (non-hydrogen) atoms. The molecule has 2 unspecified atom stereocenters. The van der Waals surface area contributed by atoms with Gasteiger partial charge in [-0.3, -0.25) is 9.00 Å². The Labute approximate surface area is 136 Å². The second-order valence-electron chi connectivity index (χ2n) is 5.08. The summed E-state index contributed by atoms with van der Waals surface area (Å²) in [4.78, 5) is 13.3. The van der Waals surface area contributed by atoms with Gasteiger partial charge in [0.1, 0.15) is 0 Å². The van der Waals surface area contributed by atoms with Gasteiger partial charge in [-0.15, -0.1) is 0 Å². The van der Waals surface area contributed by atoms with E-state index in [4.69, 9.17) is 0 Å². The van der Waals surface area contributed by atoms with E-state index in [-0.39, 0.29) is 5.78 Å². The molecule has 0 aromatic heterocycles. The zero-order chi connectivity index (χ0) is 15.6. The molecule has 0 amide bonds. The van der Waals surface area contributed by atoms with Crippen LogP contribution in [-0.2, 0) is 10.8 Å². The number of halogens is 1. The average Bonchev–Trinajstić information content (AvgIpc) is 2.48. The fraction of sp³-hybridized carbons (Fsp3) is 0.235. The summed E-state index contributed by atoms with van der Waals surface area (Å²) in [6.07, 6.45) is 0. The van der Waals surface area contributed by atoms with Crippen LogP contribution in [0.4, 0.5) is 0 Å². The highest BCUT2D eigenvalue weighted by molar-refractivity contribution is 9.10. The highest BCUT2D eigenvalue weighted by Crippen LogP contribution is 2.20. The summed E-state index contributed by atoms with van der Waals surface area (Å²) in [6, 6.07) is 13.0. The maximum atomic E-state index is 12.6. The number of ketones is 1. The first-order chi connectivity index (χ1) is 9.90. The molecule has 0 aliphatic rings. The van der Waals surface area contributed by atoms with Crippen LogP contribution in [0.3, 0.4) is 0 Å². The standard InChI is InChI=1S/C17H17BrO2S/c1-11-4-5-12(2)16(10-11)17(19)13(3)21(20)15-8-6-14(18)7-9-15/h4-10,13H,1-3H3. The van der Waals surface area contributed by atoms with Crippen LogP contribution in [0.25, 0.3) is 0 Å². The number of benzene rings is 2. The van der Waals surface area contributed by atoms with Crippen molar-refractivity contribution >= 4 is 32.5 Å². The molecule has 2 aromatic rings. The molecule has 4 heteroatoms. The summed E-state index contributed by atoms with van der Waals surface area (Å²) in [5.74, 6) is -0.0718. The number of rotatable bonds is 4. The number of carbonyl (C=O) groups excluding carboxylic acids is 1. The first-order valence-corrected chi connectivity index (χ1v) is 8.68. The lowest BCUT2D eigenvalue weighted by Crippen LogP contribution is -2.23. The third kappa shape index (κ3) is 3.69. The third-order valence-electron chi connectivity index (χ3n) is 3.39. The van der Waals surface area contributed by atoms with E-state index in [0.717, 1.165) is 15.6 Å². The minimum absolute atomic E-state index is 0.0718. The van der Waals surface area contributed by atoms with Crippen LogP contribution >= 0.6 is 15.9 Å². The van der Waals surface area contributed by atoms with Gasteiger partial charge in [-0.1, -0.05) is 33.6 Å². The van der Waals surface area contributed by atoms with Crippen molar-refractivity contribution in [2.45, 2.75) is 30.9 Å². The first-order valence-electron chi connectivity index (χ1n) is 6.68. The van der Waals surface area contributed by atoms with Crippen molar-refractivity contribution in [1.82, 2.24) is 0 Å². The lowest BCUT2D eigenvalue weighted by molar-refractivity contribution is 0.0992. The van der Waals surface area contributed by atoms with Crippen LogP contribution in [0.2, 0.25) is 0 Å². The topological polar surface area (TPSA) is 34.1 Å². The normalized spacial score (nSPS) is 13.7. The van der Waals surface area contributed by atoms with Gasteiger partial charge in [-0.05, 0) is 56.7 Å². The van der Waals surface area contributed by atoms with Gasteiger partial charge in [0.2, 0.25) is 0 Å². The molecule has 0 saturated heterocycles. The van der Waals surface area contributed by atoms with E-state index in [9.17, 15) is 9.00 Å². The molecule has 2 nitrogen and oxygen atoms in total. The summed E-state index contributed by atoms with van der Waals surface area (Å²) in [5.41, 5.74) is 2.61. The molecule has 0 aliphatic heterocycles. The van der Waals surface area contributed by atoms with E-state index in [0.29, 0.717) is 10.5 Å². The predicted molar refractivity (Wildman–Crippen MR) is 90.3 cm³/mol. The fourth-order valence-electron chi connectivity index (χ4n) is 2.09. The monoisotopic (exact) mass is 364 g/mol. The van der Waals surface area contributed by atoms with Crippen LogP contribution in [-0.4, -0.2) is 15.2 Å². The minimum Gasteiger partial charge on any atom is -0.293 e. The van der Waals surface area contributed by atoms with Gasteiger partial charge in [0.05, 0.1) is 16.0 Å². The van der Waals surface area contributed by atoms with E-state index in [1.807, 2.05) is 44.2 Å². The Morgan fingerprint density at radius 3 is 2.33 bits per heavy atom. The predicted octanol–water partition coefficient (Wildman–Crippen LogP) is 4.44. The molecule has 0 saturated carbocycles. The Balaban J connectivity index is 2.28. The first kappa shape index (κ1) is 16.1.